The fourth-order valence-electron chi connectivity index (χ4n) is 2.90. The summed E-state index contributed by atoms with van der Waals surface area (Å²) in [5.74, 6) is 0.0570. The van der Waals surface area contributed by atoms with Crippen LogP contribution in [0.1, 0.15) is 18.9 Å². The molecule has 5 heteroatoms. The van der Waals surface area contributed by atoms with E-state index in [0.29, 0.717) is 6.54 Å². The predicted octanol–water partition coefficient (Wildman–Crippen LogP) is 1.72. The van der Waals surface area contributed by atoms with Crippen molar-refractivity contribution in [3.63, 3.8) is 0 Å². The molecule has 1 aliphatic heterocycles. The van der Waals surface area contributed by atoms with E-state index in [1.165, 1.54) is 12.1 Å². The number of rotatable bonds is 5. The molecule has 0 spiro atoms. The Labute approximate surface area is 132 Å². The molecule has 1 aromatic carbocycles. The van der Waals surface area contributed by atoms with Crippen molar-refractivity contribution >= 4 is 5.91 Å². The molecule has 122 valence electrons. The minimum atomic E-state index is -0.199. The first-order valence-electron chi connectivity index (χ1n) is 8.00. The van der Waals surface area contributed by atoms with Gasteiger partial charge in [-0.1, -0.05) is 19.1 Å². The summed E-state index contributed by atoms with van der Waals surface area (Å²) < 4.78 is 12.9. The number of halogens is 1. The Hall–Kier alpha value is -1.46. The van der Waals surface area contributed by atoms with E-state index in [9.17, 15) is 9.18 Å². The quantitative estimate of drug-likeness (QED) is 0.899. The van der Waals surface area contributed by atoms with Crippen LogP contribution in [0.5, 0.6) is 0 Å². The van der Waals surface area contributed by atoms with Gasteiger partial charge in [-0.25, -0.2) is 4.39 Å². The molecule has 1 saturated heterocycles. The van der Waals surface area contributed by atoms with Crippen LogP contribution in [-0.2, 0) is 11.3 Å². The number of carbonyl (C=O) groups excluding carboxylic acids is 1. The van der Waals surface area contributed by atoms with Gasteiger partial charge in [-0.3, -0.25) is 9.69 Å². The fraction of sp³-hybridized carbons (Fsp3) is 0.588. The van der Waals surface area contributed by atoms with Gasteiger partial charge in [-0.2, -0.15) is 0 Å². The van der Waals surface area contributed by atoms with E-state index in [0.717, 1.165) is 44.7 Å². The van der Waals surface area contributed by atoms with E-state index in [2.05, 4.69) is 10.2 Å². The third kappa shape index (κ3) is 4.78. The number of benzene rings is 1. The SMILES string of the molecule is CNCC(C)C(=O)N1CCCN(Cc2ccc(F)cc2)CC1. The molecule has 1 N–H and O–H groups in total. The molecule has 1 fully saturated rings. The van der Waals surface area contributed by atoms with Crippen LogP contribution in [0, 0.1) is 11.7 Å². The molecule has 22 heavy (non-hydrogen) atoms. The van der Waals surface area contributed by atoms with Gasteiger partial charge >= 0.3 is 0 Å². The zero-order valence-electron chi connectivity index (χ0n) is 13.5. The summed E-state index contributed by atoms with van der Waals surface area (Å²) in [4.78, 5) is 16.7. The van der Waals surface area contributed by atoms with Crippen LogP contribution in [0.3, 0.4) is 0 Å². The van der Waals surface area contributed by atoms with E-state index >= 15 is 0 Å². The minimum absolute atomic E-state index is 0.0219. The highest BCUT2D eigenvalue weighted by Crippen LogP contribution is 2.12. The van der Waals surface area contributed by atoms with Crippen LogP contribution in [0.15, 0.2) is 24.3 Å². The standard InChI is InChI=1S/C17H26FN3O/c1-14(12-19-2)17(22)21-9-3-8-20(10-11-21)13-15-4-6-16(18)7-5-15/h4-7,14,19H,3,8-13H2,1-2H3. The highest BCUT2D eigenvalue weighted by Gasteiger charge is 2.22. The van der Waals surface area contributed by atoms with Crippen molar-refractivity contribution in [1.82, 2.24) is 15.1 Å². The second-order valence-electron chi connectivity index (χ2n) is 6.04. The molecule has 2 rings (SSSR count). The lowest BCUT2D eigenvalue weighted by Gasteiger charge is -2.24. The van der Waals surface area contributed by atoms with Gasteiger partial charge in [0.15, 0.2) is 0 Å². The lowest BCUT2D eigenvalue weighted by molar-refractivity contribution is -0.134. The molecule has 4 nitrogen and oxygen atoms in total. The van der Waals surface area contributed by atoms with Gasteiger partial charge in [0.05, 0.1) is 0 Å². The Balaban J connectivity index is 1.86. The van der Waals surface area contributed by atoms with Gasteiger partial charge in [-0.05, 0) is 31.2 Å². The zero-order valence-corrected chi connectivity index (χ0v) is 13.5. The summed E-state index contributed by atoms with van der Waals surface area (Å²) in [6.45, 7) is 6.95. The summed E-state index contributed by atoms with van der Waals surface area (Å²) in [7, 11) is 1.87. The predicted molar refractivity (Wildman–Crippen MR) is 86.0 cm³/mol. The number of nitrogens with one attached hydrogen (secondary N) is 1. The first-order chi connectivity index (χ1) is 10.6. The molecule has 1 unspecified atom stereocenters. The second-order valence-corrected chi connectivity index (χ2v) is 6.04. The van der Waals surface area contributed by atoms with Crippen LogP contribution >= 0.6 is 0 Å². The molecule has 0 saturated carbocycles. The normalized spacial score (nSPS) is 18.0. The Morgan fingerprint density at radius 2 is 1.95 bits per heavy atom. The van der Waals surface area contributed by atoms with Crippen molar-refractivity contribution in [2.24, 2.45) is 5.92 Å². The van der Waals surface area contributed by atoms with E-state index in [1.807, 2.05) is 31.0 Å². The van der Waals surface area contributed by atoms with Gasteiger partial charge in [0, 0.05) is 45.2 Å². The van der Waals surface area contributed by atoms with Crippen LogP contribution < -0.4 is 5.32 Å². The molecule has 1 aromatic rings. The molecule has 0 radical (unpaired) electrons. The monoisotopic (exact) mass is 307 g/mol. The van der Waals surface area contributed by atoms with Gasteiger partial charge in [-0.15, -0.1) is 0 Å². The molecule has 1 atom stereocenters. The summed E-state index contributed by atoms with van der Waals surface area (Å²) in [6, 6.07) is 6.67. The van der Waals surface area contributed by atoms with E-state index in [1.54, 1.807) is 0 Å². The molecule has 0 aromatic heterocycles. The molecule has 1 heterocycles. The number of nitrogens with zero attached hydrogens (tertiary/aromatic N) is 2. The number of carbonyl (C=O) groups is 1. The van der Waals surface area contributed by atoms with E-state index in [-0.39, 0.29) is 17.6 Å². The smallest absolute Gasteiger partial charge is 0.226 e. The summed E-state index contributed by atoms with van der Waals surface area (Å²) in [5.41, 5.74) is 1.12. The average molecular weight is 307 g/mol. The minimum Gasteiger partial charge on any atom is -0.341 e. The Morgan fingerprint density at radius 3 is 2.64 bits per heavy atom. The molecule has 1 amide bonds. The van der Waals surface area contributed by atoms with Crippen LogP contribution in [-0.4, -0.2) is 55.5 Å². The molecular formula is C17H26FN3O. The summed E-state index contributed by atoms with van der Waals surface area (Å²) in [5, 5.41) is 3.06. The average Bonchev–Trinajstić information content (AvgIpc) is 2.75. The first kappa shape index (κ1) is 16.9. The third-order valence-electron chi connectivity index (χ3n) is 4.15. The number of amides is 1. The Bertz CT molecular complexity index is 477. The zero-order chi connectivity index (χ0) is 15.9. The van der Waals surface area contributed by atoms with Gasteiger partial charge in [0.2, 0.25) is 5.91 Å². The number of hydrogen-bond donors (Lipinski definition) is 1. The maximum atomic E-state index is 12.9. The van der Waals surface area contributed by atoms with Crippen molar-refractivity contribution in [2.45, 2.75) is 19.9 Å². The molecular weight excluding hydrogens is 281 g/mol. The van der Waals surface area contributed by atoms with E-state index < -0.39 is 0 Å². The van der Waals surface area contributed by atoms with Crippen molar-refractivity contribution < 1.29 is 9.18 Å². The Morgan fingerprint density at radius 1 is 1.23 bits per heavy atom. The highest BCUT2D eigenvalue weighted by molar-refractivity contribution is 5.78. The topological polar surface area (TPSA) is 35.6 Å². The largest absolute Gasteiger partial charge is 0.341 e. The van der Waals surface area contributed by atoms with Gasteiger partial charge in [0.1, 0.15) is 5.82 Å². The van der Waals surface area contributed by atoms with Crippen LogP contribution in [0.4, 0.5) is 4.39 Å². The van der Waals surface area contributed by atoms with Crippen molar-refractivity contribution in [1.29, 1.82) is 0 Å². The molecule has 0 bridgehead atoms. The van der Waals surface area contributed by atoms with E-state index in [4.69, 9.17) is 0 Å². The molecule has 1 aliphatic rings. The van der Waals surface area contributed by atoms with Crippen LogP contribution in [0.25, 0.3) is 0 Å². The second kappa shape index (κ2) is 8.25. The first-order valence-corrected chi connectivity index (χ1v) is 8.00. The maximum Gasteiger partial charge on any atom is 0.226 e. The van der Waals surface area contributed by atoms with Crippen LogP contribution in [0.2, 0.25) is 0 Å². The fourth-order valence-corrected chi connectivity index (χ4v) is 2.90. The van der Waals surface area contributed by atoms with Gasteiger partial charge < -0.3 is 10.2 Å². The van der Waals surface area contributed by atoms with Crippen molar-refractivity contribution in [3.05, 3.63) is 35.6 Å². The summed E-state index contributed by atoms with van der Waals surface area (Å²) in [6.07, 6.45) is 0.985. The van der Waals surface area contributed by atoms with Crippen molar-refractivity contribution in [3.8, 4) is 0 Å². The third-order valence-corrected chi connectivity index (χ3v) is 4.15. The van der Waals surface area contributed by atoms with Crippen molar-refractivity contribution in [2.75, 3.05) is 39.8 Å². The molecule has 0 aliphatic carbocycles. The van der Waals surface area contributed by atoms with Gasteiger partial charge in [0.25, 0.3) is 0 Å². The summed E-state index contributed by atoms with van der Waals surface area (Å²) >= 11 is 0. The lowest BCUT2D eigenvalue weighted by Crippen LogP contribution is -2.40. The number of hydrogen-bond acceptors (Lipinski definition) is 3. The highest BCUT2D eigenvalue weighted by atomic mass is 19.1. The lowest BCUT2D eigenvalue weighted by atomic mass is 10.1. The maximum absolute atomic E-state index is 12.9. The Kier molecular flexibility index (Phi) is 6.34.